The van der Waals surface area contributed by atoms with E-state index >= 15 is 0 Å². The van der Waals surface area contributed by atoms with Gasteiger partial charge in [0.2, 0.25) is 5.95 Å². The Morgan fingerprint density at radius 2 is 1.76 bits per heavy atom. The Labute approximate surface area is 215 Å². The number of aliphatic hydroxyl groups is 1. The summed E-state index contributed by atoms with van der Waals surface area (Å²) in [6.45, 7) is 4.05. The monoisotopic (exact) mass is 549 g/mol. The second kappa shape index (κ2) is 10.8. The van der Waals surface area contributed by atoms with Crippen molar-refractivity contribution in [2.24, 2.45) is 0 Å². The summed E-state index contributed by atoms with van der Waals surface area (Å²) < 4.78 is 70.4. The van der Waals surface area contributed by atoms with Gasteiger partial charge >= 0.3 is 0 Å². The fourth-order valence-electron chi connectivity index (χ4n) is 3.38. The zero-order valence-electron chi connectivity index (χ0n) is 19.7. The lowest BCUT2D eigenvalue weighted by atomic mass is 10.1. The molecular formula is C24H22F3N5O3S2. The van der Waals surface area contributed by atoms with Gasteiger partial charge in [0.25, 0.3) is 10.0 Å². The Morgan fingerprint density at radius 1 is 1.03 bits per heavy atom. The Balaban J connectivity index is 1.79. The third kappa shape index (κ3) is 5.73. The highest BCUT2D eigenvalue weighted by Gasteiger charge is 2.26. The zero-order valence-corrected chi connectivity index (χ0v) is 21.3. The number of anilines is 2. The number of benzene rings is 2. The van der Waals surface area contributed by atoms with Crippen molar-refractivity contribution < 1.29 is 26.7 Å². The summed E-state index contributed by atoms with van der Waals surface area (Å²) in [5, 5.41) is 12.7. The molecule has 0 saturated heterocycles. The molecule has 194 valence electrons. The number of aliphatic hydroxyl groups excluding tert-OH is 1. The highest BCUT2D eigenvalue weighted by atomic mass is 32.2. The molecule has 0 aliphatic rings. The van der Waals surface area contributed by atoms with Gasteiger partial charge in [-0.1, -0.05) is 19.9 Å². The second-order valence-corrected chi connectivity index (χ2v) is 10.8. The van der Waals surface area contributed by atoms with Crippen LogP contribution in [0.15, 0.2) is 53.6 Å². The molecule has 13 heteroatoms. The molecular weight excluding hydrogens is 527 g/mol. The number of rotatable bonds is 9. The lowest BCUT2D eigenvalue weighted by Gasteiger charge is -2.12. The van der Waals surface area contributed by atoms with E-state index in [4.69, 9.17) is 5.11 Å². The number of thiazole rings is 1. The van der Waals surface area contributed by atoms with Crippen molar-refractivity contribution in [2.45, 2.75) is 24.7 Å². The molecule has 0 aliphatic carbocycles. The van der Waals surface area contributed by atoms with E-state index in [9.17, 15) is 21.6 Å². The van der Waals surface area contributed by atoms with Gasteiger partial charge in [-0.15, -0.1) is 11.3 Å². The van der Waals surface area contributed by atoms with Crippen LogP contribution in [0.3, 0.4) is 0 Å². The third-order valence-electron chi connectivity index (χ3n) is 5.09. The van der Waals surface area contributed by atoms with Crippen LogP contribution in [0.5, 0.6) is 0 Å². The van der Waals surface area contributed by atoms with Crippen LogP contribution in [0.2, 0.25) is 0 Å². The molecule has 0 bridgehead atoms. The fourth-order valence-corrected chi connectivity index (χ4v) is 5.63. The SMILES string of the molecule is CC(C)c1nc(-c2ccc(F)c(NS(=O)(=O)c3c(F)cccc3F)c2)c(-c2ccnc(NCCO)n2)s1. The van der Waals surface area contributed by atoms with Crippen molar-refractivity contribution in [1.82, 2.24) is 15.0 Å². The molecule has 8 nitrogen and oxygen atoms in total. The molecule has 0 saturated carbocycles. The largest absolute Gasteiger partial charge is 0.395 e. The van der Waals surface area contributed by atoms with Crippen LogP contribution in [-0.4, -0.2) is 41.6 Å². The molecule has 0 atom stereocenters. The standard InChI is InChI=1S/C24H22F3N5O3S2/c1-13(2)23-31-20(21(36-23)18-8-9-28-24(30-18)29-10-11-33)14-6-7-15(25)19(12-14)32-37(34,35)22-16(26)4-3-5-17(22)27/h3-9,12-13,32-33H,10-11H2,1-2H3,(H,28,29,30). The minimum absolute atomic E-state index is 0.0498. The maximum Gasteiger partial charge on any atom is 0.267 e. The number of hydrogen-bond acceptors (Lipinski definition) is 8. The van der Waals surface area contributed by atoms with Crippen molar-refractivity contribution in [3.05, 3.63) is 71.1 Å². The Bertz CT molecular complexity index is 1520. The van der Waals surface area contributed by atoms with E-state index in [0.717, 1.165) is 29.3 Å². The van der Waals surface area contributed by atoms with Crippen molar-refractivity contribution in [3.8, 4) is 21.8 Å². The molecule has 0 fully saturated rings. The summed E-state index contributed by atoms with van der Waals surface area (Å²) >= 11 is 1.36. The van der Waals surface area contributed by atoms with E-state index in [-0.39, 0.29) is 25.0 Å². The molecule has 3 N–H and O–H groups in total. The molecule has 37 heavy (non-hydrogen) atoms. The van der Waals surface area contributed by atoms with Crippen molar-refractivity contribution >= 4 is 33.0 Å². The van der Waals surface area contributed by atoms with E-state index in [2.05, 4.69) is 20.3 Å². The maximum absolute atomic E-state index is 14.7. The first-order valence-electron chi connectivity index (χ1n) is 11.1. The van der Waals surface area contributed by atoms with E-state index in [1.807, 2.05) is 18.6 Å². The summed E-state index contributed by atoms with van der Waals surface area (Å²) in [6.07, 6.45) is 1.54. The number of aromatic nitrogens is 3. The zero-order chi connectivity index (χ0) is 26.7. The fraction of sp³-hybridized carbons (Fsp3) is 0.208. The predicted octanol–water partition coefficient (Wildman–Crippen LogP) is 5.01. The lowest BCUT2D eigenvalue weighted by molar-refractivity contribution is 0.311. The highest BCUT2D eigenvalue weighted by molar-refractivity contribution is 7.92. The van der Waals surface area contributed by atoms with Crippen LogP contribution < -0.4 is 10.0 Å². The van der Waals surface area contributed by atoms with Gasteiger partial charge in [-0.25, -0.2) is 36.5 Å². The average molecular weight is 550 g/mol. The molecule has 0 unspecified atom stereocenters. The third-order valence-corrected chi connectivity index (χ3v) is 7.89. The summed E-state index contributed by atoms with van der Waals surface area (Å²) in [4.78, 5) is 12.7. The first-order valence-corrected chi connectivity index (χ1v) is 13.4. The van der Waals surface area contributed by atoms with Crippen LogP contribution in [-0.2, 0) is 10.0 Å². The number of nitrogens with zero attached hydrogens (tertiary/aromatic N) is 3. The summed E-state index contributed by atoms with van der Waals surface area (Å²) in [7, 11) is -4.79. The van der Waals surface area contributed by atoms with Gasteiger partial charge in [-0.3, -0.25) is 4.72 Å². The van der Waals surface area contributed by atoms with Gasteiger partial charge in [-0.2, -0.15) is 0 Å². The average Bonchev–Trinajstić information content (AvgIpc) is 3.30. The van der Waals surface area contributed by atoms with Gasteiger partial charge in [0.05, 0.1) is 33.6 Å². The molecule has 2 aromatic heterocycles. The molecule has 4 aromatic rings. The second-order valence-electron chi connectivity index (χ2n) is 8.15. The lowest BCUT2D eigenvalue weighted by Crippen LogP contribution is -2.17. The van der Waals surface area contributed by atoms with Crippen molar-refractivity contribution in [3.63, 3.8) is 0 Å². The Hall–Kier alpha value is -3.55. The molecule has 0 aliphatic heterocycles. The molecule has 0 amide bonds. The molecule has 0 radical (unpaired) electrons. The van der Waals surface area contributed by atoms with Crippen LogP contribution >= 0.6 is 11.3 Å². The first kappa shape index (κ1) is 26.5. The van der Waals surface area contributed by atoms with Gasteiger partial charge in [-0.05, 0) is 36.4 Å². The normalized spacial score (nSPS) is 11.6. The summed E-state index contributed by atoms with van der Waals surface area (Å²) in [5.41, 5.74) is 0.778. The highest BCUT2D eigenvalue weighted by Crippen LogP contribution is 2.39. The number of hydrogen-bond donors (Lipinski definition) is 3. The maximum atomic E-state index is 14.7. The number of sulfonamides is 1. The minimum atomic E-state index is -4.79. The quantitative estimate of drug-likeness (QED) is 0.269. The summed E-state index contributed by atoms with van der Waals surface area (Å²) in [5.74, 6) is -3.21. The number of nitrogens with one attached hydrogen (secondary N) is 2. The minimum Gasteiger partial charge on any atom is -0.395 e. The number of halogens is 3. The smallest absolute Gasteiger partial charge is 0.267 e. The first-order chi connectivity index (χ1) is 17.6. The van der Waals surface area contributed by atoms with Gasteiger partial charge in [0, 0.05) is 24.2 Å². The van der Waals surface area contributed by atoms with Crippen LogP contribution in [0.4, 0.5) is 24.8 Å². The van der Waals surface area contributed by atoms with Crippen molar-refractivity contribution in [1.29, 1.82) is 0 Å². The van der Waals surface area contributed by atoms with Crippen LogP contribution in [0, 0.1) is 17.5 Å². The van der Waals surface area contributed by atoms with Crippen LogP contribution in [0.25, 0.3) is 21.8 Å². The van der Waals surface area contributed by atoms with E-state index in [1.165, 1.54) is 29.7 Å². The predicted molar refractivity (Wildman–Crippen MR) is 135 cm³/mol. The Morgan fingerprint density at radius 3 is 2.43 bits per heavy atom. The van der Waals surface area contributed by atoms with Gasteiger partial charge in [0.1, 0.15) is 17.5 Å². The van der Waals surface area contributed by atoms with Crippen molar-refractivity contribution in [2.75, 3.05) is 23.2 Å². The van der Waals surface area contributed by atoms with Crippen LogP contribution in [0.1, 0.15) is 24.8 Å². The van der Waals surface area contributed by atoms with Gasteiger partial charge in [0.15, 0.2) is 4.90 Å². The van der Waals surface area contributed by atoms with E-state index < -0.39 is 38.1 Å². The van der Waals surface area contributed by atoms with E-state index in [0.29, 0.717) is 21.8 Å². The summed E-state index contributed by atoms with van der Waals surface area (Å²) in [6, 6.07) is 7.96. The molecule has 2 heterocycles. The topological polar surface area (TPSA) is 117 Å². The van der Waals surface area contributed by atoms with E-state index in [1.54, 1.807) is 6.07 Å². The molecule has 2 aromatic carbocycles. The van der Waals surface area contributed by atoms with Gasteiger partial charge < -0.3 is 10.4 Å². The molecule has 4 rings (SSSR count). The Kier molecular flexibility index (Phi) is 7.76. The molecule has 0 spiro atoms.